The molecule has 1 aliphatic rings. The molecule has 2 heterocycles. The molecule has 5 nitrogen and oxygen atoms in total. The third-order valence-corrected chi connectivity index (χ3v) is 3.02. The maximum atomic E-state index is 12.0. The molecule has 0 radical (unpaired) electrons. The van der Waals surface area contributed by atoms with Crippen molar-refractivity contribution in [3.8, 4) is 11.8 Å². The Labute approximate surface area is 118 Å². The van der Waals surface area contributed by atoms with Gasteiger partial charge in [0.25, 0.3) is 5.91 Å². The molecule has 1 aromatic rings. The molecule has 0 spiro atoms. The van der Waals surface area contributed by atoms with Crippen LogP contribution in [-0.4, -0.2) is 41.9 Å². The summed E-state index contributed by atoms with van der Waals surface area (Å²) in [6.07, 6.45) is 3.70. The van der Waals surface area contributed by atoms with Crippen LogP contribution in [0.4, 0.5) is 0 Å². The van der Waals surface area contributed by atoms with Crippen molar-refractivity contribution in [1.29, 1.82) is 0 Å². The summed E-state index contributed by atoms with van der Waals surface area (Å²) in [5.41, 5.74) is 1.13. The average molecular weight is 274 g/mol. The van der Waals surface area contributed by atoms with Crippen LogP contribution >= 0.6 is 0 Å². The molecule has 1 saturated heterocycles. The largest absolute Gasteiger partial charge is 0.395 e. The molecule has 0 aliphatic carbocycles. The highest BCUT2D eigenvalue weighted by molar-refractivity contribution is 5.92. The number of amides is 1. The van der Waals surface area contributed by atoms with Crippen molar-refractivity contribution in [3.05, 3.63) is 29.6 Å². The van der Waals surface area contributed by atoms with Gasteiger partial charge in [-0.25, -0.2) is 4.98 Å². The average Bonchev–Trinajstić information content (AvgIpc) is 2.49. The van der Waals surface area contributed by atoms with Crippen molar-refractivity contribution < 1.29 is 14.6 Å². The summed E-state index contributed by atoms with van der Waals surface area (Å²) < 4.78 is 5.25. The number of nitrogens with one attached hydrogen (secondary N) is 1. The number of ether oxygens (including phenoxy) is 1. The van der Waals surface area contributed by atoms with Crippen LogP contribution in [0.15, 0.2) is 18.3 Å². The first-order valence-electron chi connectivity index (χ1n) is 6.74. The molecule has 0 saturated carbocycles. The highest BCUT2D eigenvalue weighted by atomic mass is 16.5. The molecule has 2 rings (SSSR count). The number of aromatic nitrogens is 1. The van der Waals surface area contributed by atoms with Crippen molar-refractivity contribution >= 4 is 5.91 Å². The summed E-state index contributed by atoms with van der Waals surface area (Å²) in [7, 11) is 0. The van der Waals surface area contributed by atoms with Crippen LogP contribution in [-0.2, 0) is 4.74 Å². The van der Waals surface area contributed by atoms with Crippen LogP contribution in [0.2, 0.25) is 0 Å². The molecular formula is C15H18N2O3. The van der Waals surface area contributed by atoms with Crippen molar-refractivity contribution in [2.24, 2.45) is 0 Å². The molecule has 0 bridgehead atoms. The van der Waals surface area contributed by atoms with E-state index in [0.29, 0.717) is 25.3 Å². The fourth-order valence-corrected chi connectivity index (χ4v) is 1.92. The number of carbonyl (C=O) groups is 1. The minimum absolute atomic E-state index is 0.0476. The lowest BCUT2D eigenvalue weighted by Crippen LogP contribution is -2.39. The smallest absolute Gasteiger partial charge is 0.270 e. The van der Waals surface area contributed by atoms with Gasteiger partial charge in [0.15, 0.2) is 0 Å². The molecule has 1 amide bonds. The molecule has 2 N–H and O–H groups in total. The maximum Gasteiger partial charge on any atom is 0.270 e. The number of aliphatic hydroxyl groups excluding tert-OH is 1. The first-order valence-corrected chi connectivity index (χ1v) is 6.74. The molecule has 1 aromatic heterocycles. The van der Waals surface area contributed by atoms with Crippen LogP contribution in [0.1, 0.15) is 35.3 Å². The van der Waals surface area contributed by atoms with Crippen molar-refractivity contribution in [3.63, 3.8) is 0 Å². The normalized spacial score (nSPS) is 15.2. The van der Waals surface area contributed by atoms with E-state index in [2.05, 4.69) is 22.1 Å². The summed E-state index contributed by atoms with van der Waals surface area (Å²) in [5, 5.41) is 11.6. The van der Waals surface area contributed by atoms with Gasteiger partial charge in [-0.05, 0) is 25.0 Å². The Kier molecular flexibility index (Phi) is 5.54. The molecule has 106 valence electrons. The van der Waals surface area contributed by atoms with E-state index in [1.54, 1.807) is 18.3 Å². The van der Waals surface area contributed by atoms with Crippen LogP contribution in [0.25, 0.3) is 0 Å². The maximum absolute atomic E-state index is 12.0. The Morgan fingerprint density at radius 3 is 2.90 bits per heavy atom. The van der Waals surface area contributed by atoms with E-state index in [9.17, 15) is 4.79 Å². The highest BCUT2D eigenvalue weighted by Gasteiger charge is 2.17. The van der Waals surface area contributed by atoms with Gasteiger partial charge in [0.2, 0.25) is 0 Å². The first kappa shape index (κ1) is 14.5. The highest BCUT2D eigenvalue weighted by Crippen LogP contribution is 2.07. The second-order valence-corrected chi connectivity index (χ2v) is 4.57. The number of hydrogen-bond acceptors (Lipinski definition) is 4. The van der Waals surface area contributed by atoms with E-state index in [1.807, 2.05) is 0 Å². The number of aliphatic hydroxyl groups is 1. The standard InChI is InChI=1S/C15H18N2O3/c18-8-2-1-3-12-4-5-14(16-11-12)15(19)17-13-6-9-20-10-7-13/h4-5,11,13,18H,2,6-10H2,(H,17,19). The monoisotopic (exact) mass is 274 g/mol. The SMILES string of the molecule is O=C(NC1CCOCC1)c1ccc(C#CCCO)cn1. The fraction of sp³-hybridized carbons (Fsp3) is 0.467. The predicted molar refractivity (Wildman–Crippen MR) is 74.1 cm³/mol. The van der Waals surface area contributed by atoms with Crippen LogP contribution < -0.4 is 5.32 Å². The lowest BCUT2D eigenvalue weighted by Gasteiger charge is -2.22. The summed E-state index contributed by atoms with van der Waals surface area (Å²) in [6.45, 7) is 1.43. The number of pyridine rings is 1. The van der Waals surface area contributed by atoms with Crippen LogP contribution in [0, 0.1) is 11.8 Å². The second-order valence-electron chi connectivity index (χ2n) is 4.57. The van der Waals surface area contributed by atoms with E-state index >= 15 is 0 Å². The molecule has 0 atom stereocenters. The van der Waals surface area contributed by atoms with Gasteiger partial charge >= 0.3 is 0 Å². The van der Waals surface area contributed by atoms with Crippen molar-refractivity contribution in [2.75, 3.05) is 19.8 Å². The topological polar surface area (TPSA) is 71.5 Å². The molecule has 5 heteroatoms. The zero-order valence-corrected chi connectivity index (χ0v) is 11.3. The Morgan fingerprint density at radius 2 is 2.25 bits per heavy atom. The Bertz CT molecular complexity index is 496. The van der Waals surface area contributed by atoms with E-state index in [1.165, 1.54) is 0 Å². The van der Waals surface area contributed by atoms with E-state index in [-0.39, 0.29) is 18.6 Å². The molecule has 20 heavy (non-hydrogen) atoms. The minimum Gasteiger partial charge on any atom is -0.395 e. The van der Waals surface area contributed by atoms with Crippen LogP contribution in [0.3, 0.4) is 0 Å². The minimum atomic E-state index is -0.160. The van der Waals surface area contributed by atoms with Gasteiger partial charge in [-0.3, -0.25) is 4.79 Å². The van der Waals surface area contributed by atoms with E-state index in [4.69, 9.17) is 9.84 Å². The summed E-state index contributed by atoms with van der Waals surface area (Å²) in [5.74, 6) is 5.52. The molecule has 1 fully saturated rings. The lowest BCUT2D eigenvalue weighted by atomic mass is 10.1. The molecule has 0 aromatic carbocycles. The Balaban J connectivity index is 1.92. The predicted octanol–water partition coefficient (Wildman–Crippen LogP) is 0.724. The second kappa shape index (κ2) is 7.63. The Hall–Kier alpha value is -1.90. The Morgan fingerprint density at radius 1 is 1.45 bits per heavy atom. The number of hydrogen-bond donors (Lipinski definition) is 2. The van der Waals surface area contributed by atoms with E-state index in [0.717, 1.165) is 18.4 Å². The van der Waals surface area contributed by atoms with Gasteiger partial charge in [-0.15, -0.1) is 0 Å². The van der Waals surface area contributed by atoms with Gasteiger partial charge < -0.3 is 15.2 Å². The van der Waals surface area contributed by atoms with Crippen molar-refractivity contribution in [2.45, 2.75) is 25.3 Å². The quantitative estimate of drug-likeness (QED) is 0.797. The zero-order valence-electron chi connectivity index (χ0n) is 11.3. The van der Waals surface area contributed by atoms with E-state index < -0.39 is 0 Å². The molecule has 1 aliphatic heterocycles. The van der Waals surface area contributed by atoms with Crippen molar-refractivity contribution in [1.82, 2.24) is 10.3 Å². The third kappa shape index (κ3) is 4.34. The van der Waals surface area contributed by atoms with Gasteiger partial charge in [0.1, 0.15) is 5.69 Å². The summed E-state index contributed by atoms with van der Waals surface area (Å²) in [4.78, 5) is 16.1. The molecule has 0 unspecified atom stereocenters. The first-order chi connectivity index (χ1) is 9.79. The van der Waals surface area contributed by atoms with Gasteiger partial charge in [-0.1, -0.05) is 11.8 Å². The van der Waals surface area contributed by atoms with Gasteiger partial charge in [-0.2, -0.15) is 0 Å². The summed E-state index contributed by atoms with van der Waals surface area (Å²) >= 11 is 0. The molecular weight excluding hydrogens is 256 g/mol. The van der Waals surface area contributed by atoms with Gasteiger partial charge in [0.05, 0.1) is 6.61 Å². The van der Waals surface area contributed by atoms with Crippen LogP contribution in [0.5, 0.6) is 0 Å². The number of carbonyl (C=O) groups excluding carboxylic acids is 1. The fourth-order valence-electron chi connectivity index (χ4n) is 1.92. The number of rotatable bonds is 3. The lowest BCUT2D eigenvalue weighted by molar-refractivity contribution is 0.0694. The number of nitrogens with zero attached hydrogens (tertiary/aromatic N) is 1. The summed E-state index contributed by atoms with van der Waals surface area (Å²) in [6, 6.07) is 3.59. The zero-order chi connectivity index (χ0) is 14.2. The van der Waals surface area contributed by atoms with Gasteiger partial charge in [0, 0.05) is 37.4 Å². The third-order valence-electron chi connectivity index (χ3n) is 3.02.